The van der Waals surface area contributed by atoms with Crippen LogP contribution >= 0.6 is 11.6 Å². The zero-order valence-corrected chi connectivity index (χ0v) is 17.4. The summed E-state index contributed by atoms with van der Waals surface area (Å²) in [6.07, 6.45) is 0. The number of halogens is 1. The number of rotatable bonds is 6. The Labute approximate surface area is 175 Å². The van der Waals surface area contributed by atoms with Crippen molar-refractivity contribution >= 4 is 22.6 Å². The summed E-state index contributed by atoms with van der Waals surface area (Å²) in [5.74, 6) is 1.60. The van der Waals surface area contributed by atoms with E-state index in [-0.39, 0.29) is 0 Å². The molecule has 0 spiro atoms. The minimum Gasteiger partial charge on any atom is -0.494 e. The molecule has 2 aromatic carbocycles. The summed E-state index contributed by atoms with van der Waals surface area (Å²) in [6, 6.07) is 15.6. The molecule has 5 nitrogen and oxygen atoms in total. The van der Waals surface area contributed by atoms with Crippen molar-refractivity contribution in [2.75, 3.05) is 46.0 Å². The molecule has 3 aromatic rings. The average Bonchev–Trinajstić information content (AvgIpc) is 2.75. The second kappa shape index (κ2) is 9.44. The van der Waals surface area contributed by atoms with E-state index in [0.29, 0.717) is 11.6 Å². The van der Waals surface area contributed by atoms with Gasteiger partial charge in [0.05, 0.1) is 38.3 Å². The maximum atomic E-state index is 6.18. The van der Waals surface area contributed by atoms with E-state index in [9.17, 15) is 0 Å². The van der Waals surface area contributed by atoms with Crippen molar-refractivity contribution in [3.63, 3.8) is 0 Å². The lowest BCUT2D eigenvalue weighted by atomic mass is 10.1. The number of hydrogen-bond donors (Lipinski definition) is 1. The molecule has 1 aliphatic rings. The quantitative estimate of drug-likeness (QED) is 0.676. The fourth-order valence-corrected chi connectivity index (χ4v) is 3.66. The Kier molecular flexibility index (Phi) is 6.49. The van der Waals surface area contributed by atoms with Gasteiger partial charge in [-0.2, -0.15) is 0 Å². The van der Waals surface area contributed by atoms with Crippen LogP contribution in [0.25, 0.3) is 22.3 Å². The Morgan fingerprint density at radius 3 is 2.62 bits per heavy atom. The molecule has 0 amide bonds. The van der Waals surface area contributed by atoms with Gasteiger partial charge in [0.1, 0.15) is 30.2 Å². The summed E-state index contributed by atoms with van der Waals surface area (Å²) in [5.41, 5.74) is 1.76. The van der Waals surface area contributed by atoms with Gasteiger partial charge < -0.3 is 18.8 Å². The van der Waals surface area contributed by atoms with Crippen molar-refractivity contribution in [2.45, 2.75) is 6.92 Å². The number of nitrogens with one attached hydrogen (secondary N) is 1. The van der Waals surface area contributed by atoms with E-state index in [0.717, 1.165) is 72.8 Å². The van der Waals surface area contributed by atoms with Gasteiger partial charge in [0, 0.05) is 22.0 Å². The third-order valence-corrected chi connectivity index (χ3v) is 5.35. The van der Waals surface area contributed by atoms with Crippen molar-refractivity contribution in [2.24, 2.45) is 4.99 Å². The number of benzene rings is 2. The van der Waals surface area contributed by atoms with Crippen molar-refractivity contribution in [1.29, 1.82) is 0 Å². The molecule has 1 fully saturated rings. The Bertz CT molecular complexity index is 1020. The lowest BCUT2D eigenvalue weighted by molar-refractivity contribution is -0.906. The lowest BCUT2D eigenvalue weighted by Crippen LogP contribution is -3.14. The van der Waals surface area contributed by atoms with E-state index in [1.54, 1.807) is 0 Å². The standard InChI is InChI=1S/C23H25ClN2O3/c1-2-28-19-7-8-22-20(15-19)21(25-9-10-26-11-13-27-14-12-26)16-23(29-22)17-3-5-18(24)6-4-17/h3-8,15-16H,2,9-14H2,1H3/p+1. The van der Waals surface area contributed by atoms with E-state index in [2.05, 4.69) is 0 Å². The Morgan fingerprint density at radius 1 is 1.07 bits per heavy atom. The highest BCUT2D eigenvalue weighted by Crippen LogP contribution is 2.25. The first-order valence-corrected chi connectivity index (χ1v) is 10.5. The predicted octanol–water partition coefficient (Wildman–Crippen LogP) is 2.97. The van der Waals surface area contributed by atoms with Gasteiger partial charge in [0.25, 0.3) is 0 Å². The van der Waals surface area contributed by atoms with Crippen molar-refractivity contribution in [1.82, 2.24) is 0 Å². The molecule has 0 atom stereocenters. The summed E-state index contributed by atoms with van der Waals surface area (Å²) in [7, 11) is 0. The smallest absolute Gasteiger partial charge is 0.137 e. The SMILES string of the molecule is CCOc1ccc2oc(-c3ccc(Cl)cc3)cc(=NCC[NH+]3CCOCC3)c2c1. The van der Waals surface area contributed by atoms with Crippen molar-refractivity contribution in [3.05, 3.63) is 58.9 Å². The monoisotopic (exact) mass is 413 g/mol. The maximum Gasteiger partial charge on any atom is 0.137 e. The number of nitrogens with zero attached hydrogens (tertiary/aromatic N) is 1. The summed E-state index contributed by atoms with van der Waals surface area (Å²) < 4.78 is 17.3. The fourth-order valence-electron chi connectivity index (χ4n) is 3.54. The molecule has 4 rings (SSSR count). The second-order valence-electron chi connectivity index (χ2n) is 7.09. The molecule has 0 saturated carbocycles. The minimum atomic E-state index is 0.623. The molecule has 2 heterocycles. The first-order chi connectivity index (χ1) is 14.2. The molecule has 152 valence electrons. The molecular weight excluding hydrogens is 388 g/mol. The van der Waals surface area contributed by atoms with Gasteiger partial charge in [-0.25, -0.2) is 0 Å². The highest BCUT2D eigenvalue weighted by molar-refractivity contribution is 6.30. The third kappa shape index (κ3) is 4.99. The van der Waals surface area contributed by atoms with Gasteiger partial charge in [-0.1, -0.05) is 11.6 Å². The highest BCUT2D eigenvalue weighted by atomic mass is 35.5. The van der Waals surface area contributed by atoms with Crippen LogP contribution in [0, 0.1) is 0 Å². The van der Waals surface area contributed by atoms with Crippen LogP contribution in [0.3, 0.4) is 0 Å². The molecule has 1 aliphatic heterocycles. The molecule has 0 aliphatic carbocycles. The van der Waals surface area contributed by atoms with Gasteiger partial charge in [-0.3, -0.25) is 4.99 Å². The maximum absolute atomic E-state index is 6.18. The first kappa shape index (κ1) is 20.0. The van der Waals surface area contributed by atoms with Crippen LogP contribution < -0.4 is 15.0 Å². The summed E-state index contributed by atoms with van der Waals surface area (Å²) >= 11 is 6.04. The Hall–Kier alpha value is -2.34. The van der Waals surface area contributed by atoms with Crippen molar-refractivity contribution in [3.8, 4) is 17.1 Å². The molecule has 6 heteroatoms. The molecule has 0 bridgehead atoms. The van der Waals surface area contributed by atoms with Gasteiger partial charge in [0.15, 0.2) is 0 Å². The van der Waals surface area contributed by atoms with E-state index in [1.807, 2.05) is 55.5 Å². The highest BCUT2D eigenvalue weighted by Gasteiger charge is 2.13. The zero-order valence-electron chi connectivity index (χ0n) is 16.6. The lowest BCUT2D eigenvalue weighted by Gasteiger charge is -2.22. The van der Waals surface area contributed by atoms with Gasteiger partial charge in [-0.15, -0.1) is 0 Å². The van der Waals surface area contributed by atoms with E-state index < -0.39 is 0 Å². The number of morpholine rings is 1. The van der Waals surface area contributed by atoms with Crippen LogP contribution in [0.15, 0.2) is 57.9 Å². The van der Waals surface area contributed by atoms with Crippen LogP contribution in [0.4, 0.5) is 0 Å². The van der Waals surface area contributed by atoms with Crippen LogP contribution in [0.2, 0.25) is 5.02 Å². The largest absolute Gasteiger partial charge is 0.494 e. The van der Waals surface area contributed by atoms with Gasteiger partial charge >= 0.3 is 0 Å². The van der Waals surface area contributed by atoms with E-state index in [4.69, 9.17) is 30.5 Å². The van der Waals surface area contributed by atoms with Gasteiger partial charge in [-0.05, 0) is 49.4 Å². The summed E-state index contributed by atoms with van der Waals surface area (Å²) in [6.45, 7) is 8.12. The van der Waals surface area contributed by atoms with E-state index >= 15 is 0 Å². The van der Waals surface area contributed by atoms with Gasteiger partial charge in [0.2, 0.25) is 0 Å². The molecule has 1 saturated heterocycles. The van der Waals surface area contributed by atoms with Crippen LogP contribution in [-0.4, -0.2) is 46.0 Å². The normalized spacial score (nSPS) is 15.7. The molecule has 1 N–H and O–H groups in total. The third-order valence-electron chi connectivity index (χ3n) is 5.10. The zero-order chi connectivity index (χ0) is 20.1. The predicted molar refractivity (Wildman–Crippen MR) is 115 cm³/mol. The molecule has 1 aromatic heterocycles. The number of hydrogen-bond acceptors (Lipinski definition) is 4. The van der Waals surface area contributed by atoms with E-state index in [1.165, 1.54) is 4.90 Å². The molecule has 0 radical (unpaired) electrons. The molecular formula is C23H26ClN2O3+. The summed E-state index contributed by atoms with van der Waals surface area (Å²) in [5, 5.41) is 2.59. The first-order valence-electron chi connectivity index (χ1n) is 10.1. The second-order valence-corrected chi connectivity index (χ2v) is 7.52. The van der Waals surface area contributed by atoms with Crippen LogP contribution in [0.1, 0.15) is 6.92 Å². The van der Waals surface area contributed by atoms with Crippen molar-refractivity contribution < 1.29 is 18.8 Å². The Morgan fingerprint density at radius 2 is 1.86 bits per heavy atom. The molecule has 0 unspecified atom stereocenters. The summed E-state index contributed by atoms with van der Waals surface area (Å²) in [4.78, 5) is 6.47. The Balaban J connectivity index is 1.71. The minimum absolute atomic E-state index is 0.623. The van der Waals surface area contributed by atoms with Crippen LogP contribution in [0.5, 0.6) is 5.75 Å². The average molecular weight is 414 g/mol. The molecule has 29 heavy (non-hydrogen) atoms. The number of quaternary nitrogens is 1. The topological polar surface area (TPSA) is 48.4 Å². The van der Waals surface area contributed by atoms with Crippen LogP contribution in [-0.2, 0) is 4.74 Å². The fraction of sp³-hybridized carbons (Fsp3) is 0.348. The number of fused-ring (bicyclic) bond motifs is 1. The number of ether oxygens (including phenoxy) is 2.